The molecule has 5 aliphatic rings. The highest BCUT2D eigenvalue weighted by Crippen LogP contribution is 2.57. The fourth-order valence-corrected chi connectivity index (χ4v) is 7.51. The van der Waals surface area contributed by atoms with Crippen LogP contribution < -0.4 is 9.47 Å². The molecule has 1 saturated heterocycles. The first-order chi connectivity index (χ1) is 21.1. The summed E-state index contributed by atoms with van der Waals surface area (Å²) < 4.78 is 22.1. The summed E-state index contributed by atoms with van der Waals surface area (Å²) in [7, 11) is 1.02. The number of aromatic hydroxyl groups is 2. The zero-order valence-electron chi connectivity index (χ0n) is 24.1. The van der Waals surface area contributed by atoms with E-state index in [1.807, 2.05) is 0 Å². The van der Waals surface area contributed by atoms with E-state index in [9.17, 15) is 49.8 Å². The van der Waals surface area contributed by atoms with Crippen LogP contribution in [0.1, 0.15) is 42.6 Å². The van der Waals surface area contributed by atoms with Crippen LogP contribution in [0, 0.1) is 11.8 Å². The van der Waals surface area contributed by atoms with Crippen molar-refractivity contribution < 1.29 is 68.8 Å². The molecular formula is C31H28O14. The number of ketones is 2. The lowest BCUT2D eigenvalue weighted by molar-refractivity contribution is -0.192. The quantitative estimate of drug-likeness (QED) is 0.253. The van der Waals surface area contributed by atoms with Crippen molar-refractivity contribution in [1.82, 2.24) is 0 Å². The van der Waals surface area contributed by atoms with Crippen LogP contribution in [-0.4, -0.2) is 96.4 Å². The third-order valence-electron chi connectivity index (χ3n) is 9.84. The fraction of sp³-hybridized carbons (Fsp3) is 0.419. The van der Waals surface area contributed by atoms with E-state index < -0.39 is 93.3 Å². The average molecular weight is 625 g/mol. The third-order valence-corrected chi connectivity index (χ3v) is 9.84. The second-order valence-corrected chi connectivity index (χ2v) is 12.3. The minimum atomic E-state index is -2.57. The highest BCUT2D eigenvalue weighted by atomic mass is 16.6. The molecule has 2 aromatic rings. The van der Waals surface area contributed by atoms with Gasteiger partial charge in [-0.05, 0) is 42.5 Å². The molecule has 7 rings (SSSR count). The standard InChI is InChI=1S/C31H28O14/c1-10-4-18(34)22-23(35)14-6-16(32)12(8-19(14)44-29(22,24(10)36)27(39)42-3)13-9-20-15(7-17(13)33)26(38)30(41)21-5-11(2)25(37)31(30,45-20)28(40)43-21/h6-11,21,24-25,32-33,35-37,41H,4-5H2,1-3H3. The first-order valence-corrected chi connectivity index (χ1v) is 14.2. The fourth-order valence-electron chi connectivity index (χ4n) is 7.51. The van der Waals surface area contributed by atoms with Crippen molar-refractivity contribution in [3.63, 3.8) is 0 Å². The normalized spacial score (nSPS) is 36.1. The SMILES string of the molecule is COC(=O)C12Oc3cc(-c4cc5c(cc4O)C(=O)C4(O)C6CC(C)C(O)C4(O5)C(=O)O6)c(O)cc3C(O)=C1C(=O)CC(C)C2O. The molecular weight excluding hydrogens is 596 g/mol. The van der Waals surface area contributed by atoms with Gasteiger partial charge in [-0.2, -0.15) is 0 Å². The number of Topliss-reactive ketones (excluding diaryl/α,β-unsaturated/α-hetero) is 2. The van der Waals surface area contributed by atoms with Crippen molar-refractivity contribution in [3.8, 4) is 34.1 Å². The van der Waals surface area contributed by atoms with Gasteiger partial charge in [-0.1, -0.05) is 13.8 Å². The number of esters is 2. The second kappa shape index (κ2) is 8.96. The summed E-state index contributed by atoms with van der Waals surface area (Å²) in [5.41, 5.74) is -8.94. The van der Waals surface area contributed by atoms with E-state index in [0.717, 1.165) is 31.4 Å². The Morgan fingerprint density at radius 1 is 0.867 bits per heavy atom. The number of rotatable bonds is 2. The van der Waals surface area contributed by atoms with Gasteiger partial charge in [-0.3, -0.25) is 9.59 Å². The number of aliphatic hydroxyl groups is 4. The number of phenols is 2. The predicted molar refractivity (Wildman–Crippen MR) is 147 cm³/mol. The monoisotopic (exact) mass is 624 g/mol. The first kappa shape index (κ1) is 29.1. The maximum Gasteiger partial charge on any atom is 0.358 e. The predicted octanol–water partition coefficient (Wildman–Crippen LogP) is 0.679. The third kappa shape index (κ3) is 3.23. The van der Waals surface area contributed by atoms with Crippen LogP contribution in [0.4, 0.5) is 0 Å². The van der Waals surface area contributed by atoms with E-state index in [4.69, 9.17) is 18.9 Å². The molecule has 45 heavy (non-hydrogen) atoms. The average Bonchev–Trinajstić information content (AvgIpc) is 3.15. The van der Waals surface area contributed by atoms with Crippen molar-refractivity contribution in [1.29, 1.82) is 0 Å². The summed E-state index contributed by atoms with van der Waals surface area (Å²) in [6.45, 7) is 3.12. The number of methoxy groups -OCH3 is 1. The van der Waals surface area contributed by atoms with Crippen LogP contribution in [0.2, 0.25) is 0 Å². The lowest BCUT2D eigenvalue weighted by atomic mass is 9.62. The highest BCUT2D eigenvalue weighted by molar-refractivity contribution is 6.14. The Hall–Kier alpha value is -4.66. The largest absolute Gasteiger partial charge is 0.507 e. The minimum Gasteiger partial charge on any atom is -0.507 e. The summed E-state index contributed by atoms with van der Waals surface area (Å²) in [5, 5.41) is 67.0. The molecule has 6 N–H and O–H groups in total. The zero-order valence-corrected chi connectivity index (χ0v) is 24.1. The van der Waals surface area contributed by atoms with E-state index >= 15 is 0 Å². The van der Waals surface area contributed by atoms with E-state index in [1.54, 1.807) is 6.92 Å². The summed E-state index contributed by atoms with van der Waals surface area (Å²) >= 11 is 0. The van der Waals surface area contributed by atoms with Crippen molar-refractivity contribution in [2.75, 3.05) is 7.11 Å². The van der Waals surface area contributed by atoms with E-state index in [0.29, 0.717) is 0 Å². The molecule has 0 aromatic heterocycles. The molecule has 0 spiro atoms. The smallest absolute Gasteiger partial charge is 0.358 e. The highest BCUT2D eigenvalue weighted by Gasteiger charge is 2.81. The van der Waals surface area contributed by atoms with Gasteiger partial charge in [0.1, 0.15) is 47.1 Å². The zero-order chi connectivity index (χ0) is 32.5. The van der Waals surface area contributed by atoms with Gasteiger partial charge in [0.2, 0.25) is 11.4 Å². The number of fused-ring (bicyclic) bond motifs is 3. The maximum atomic E-state index is 13.7. The Balaban J connectivity index is 1.39. The molecule has 3 aliphatic heterocycles. The maximum absolute atomic E-state index is 13.7. The Bertz CT molecular complexity index is 1790. The van der Waals surface area contributed by atoms with Gasteiger partial charge < -0.3 is 49.6 Å². The summed E-state index contributed by atoms with van der Waals surface area (Å²) in [6, 6.07) is 4.20. The molecule has 2 aromatic carbocycles. The number of phenolic OH excluding ortho intramolecular Hbond substituents is 2. The number of benzene rings is 2. The lowest BCUT2D eigenvalue weighted by Crippen LogP contribution is -2.76. The van der Waals surface area contributed by atoms with Gasteiger partial charge in [0, 0.05) is 17.5 Å². The molecule has 2 aliphatic carbocycles. The molecule has 8 atom stereocenters. The number of hydrogen-bond acceptors (Lipinski definition) is 14. The molecule has 0 radical (unpaired) electrons. The van der Waals surface area contributed by atoms with Gasteiger partial charge in [0.25, 0.3) is 11.2 Å². The van der Waals surface area contributed by atoms with Crippen molar-refractivity contribution in [2.45, 2.75) is 61.8 Å². The Morgan fingerprint density at radius 2 is 1.47 bits per heavy atom. The van der Waals surface area contributed by atoms with Gasteiger partial charge in [0.15, 0.2) is 5.78 Å². The van der Waals surface area contributed by atoms with Gasteiger partial charge in [-0.25, -0.2) is 9.59 Å². The molecule has 14 heteroatoms. The summed E-state index contributed by atoms with van der Waals surface area (Å²) in [4.78, 5) is 52.9. The number of ether oxygens (including phenoxy) is 4. The topological polar surface area (TPSA) is 227 Å². The molecule has 2 bridgehead atoms. The molecule has 236 valence electrons. The van der Waals surface area contributed by atoms with Crippen LogP contribution in [0.5, 0.6) is 23.0 Å². The van der Waals surface area contributed by atoms with Gasteiger partial charge >= 0.3 is 11.9 Å². The van der Waals surface area contributed by atoms with Crippen molar-refractivity contribution in [3.05, 3.63) is 41.0 Å². The van der Waals surface area contributed by atoms with E-state index in [2.05, 4.69) is 0 Å². The lowest BCUT2D eigenvalue weighted by Gasteiger charge is -2.49. The molecule has 3 heterocycles. The molecule has 8 unspecified atom stereocenters. The minimum absolute atomic E-state index is 0.0161. The van der Waals surface area contributed by atoms with Crippen molar-refractivity contribution >= 4 is 29.3 Å². The first-order valence-electron chi connectivity index (χ1n) is 14.2. The Labute approximate surface area is 254 Å². The molecule has 0 amide bonds. The Kier molecular flexibility index (Phi) is 5.79. The van der Waals surface area contributed by atoms with Gasteiger partial charge in [-0.15, -0.1) is 0 Å². The van der Waals surface area contributed by atoms with E-state index in [1.165, 1.54) is 6.92 Å². The molecule has 3 fully saturated rings. The van der Waals surface area contributed by atoms with Crippen LogP contribution in [-0.2, 0) is 23.9 Å². The summed E-state index contributed by atoms with van der Waals surface area (Å²) in [5.74, 6) is -7.85. The number of carbonyl (C=O) groups excluding carboxylic acids is 4. The van der Waals surface area contributed by atoms with Gasteiger partial charge in [0.05, 0.1) is 23.8 Å². The summed E-state index contributed by atoms with van der Waals surface area (Å²) in [6.07, 6.45) is -4.79. The van der Waals surface area contributed by atoms with Crippen LogP contribution in [0.25, 0.3) is 16.9 Å². The number of aliphatic hydroxyl groups excluding tert-OH is 3. The number of carbonyl (C=O) groups is 4. The number of hydrogen-bond donors (Lipinski definition) is 6. The van der Waals surface area contributed by atoms with Crippen LogP contribution >= 0.6 is 0 Å². The molecule has 2 saturated carbocycles. The van der Waals surface area contributed by atoms with E-state index in [-0.39, 0.29) is 46.6 Å². The Morgan fingerprint density at radius 3 is 2.09 bits per heavy atom. The second-order valence-electron chi connectivity index (χ2n) is 12.3. The molecule has 14 nitrogen and oxygen atoms in total. The van der Waals surface area contributed by atoms with Crippen LogP contribution in [0.15, 0.2) is 29.8 Å². The van der Waals surface area contributed by atoms with Crippen molar-refractivity contribution in [2.24, 2.45) is 11.8 Å². The van der Waals surface area contributed by atoms with Crippen LogP contribution in [0.3, 0.4) is 0 Å².